The van der Waals surface area contributed by atoms with Gasteiger partial charge in [-0.15, -0.1) is 0 Å². The standard InChI is InChI=1S/C15H17N5O3S/c1-11(24-15-18-7-2-8-19-15)14(21)17-10-9-16-12-3-5-13(6-4-12)20(22)23/h2-8,11,16H,9-10H2,1H3,(H,17,21). The number of nitro benzene ring substituents is 1. The number of amides is 1. The molecule has 1 amide bonds. The van der Waals surface area contributed by atoms with Crippen molar-refractivity contribution in [2.75, 3.05) is 18.4 Å². The molecule has 0 saturated heterocycles. The van der Waals surface area contributed by atoms with E-state index in [1.807, 2.05) is 0 Å². The SMILES string of the molecule is CC(Sc1ncccn1)C(=O)NCCNc1ccc([N+](=O)[O-])cc1. The van der Waals surface area contributed by atoms with E-state index in [4.69, 9.17) is 0 Å². The topological polar surface area (TPSA) is 110 Å². The Morgan fingerprint density at radius 2 is 1.92 bits per heavy atom. The van der Waals surface area contributed by atoms with Crippen molar-refractivity contribution < 1.29 is 9.72 Å². The van der Waals surface area contributed by atoms with Crippen molar-refractivity contribution in [3.05, 3.63) is 52.8 Å². The first-order valence-electron chi connectivity index (χ1n) is 7.26. The molecule has 0 fully saturated rings. The number of benzene rings is 1. The second-order valence-electron chi connectivity index (χ2n) is 4.81. The summed E-state index contributed by atoms with van der Waals surface area (Å²) in [4.78, 5) is 30.2. The molecule has 1 unspecified atom stereocenters. The molecule has 8 nitrogen and oxygen atoms in total. The third kappa shape index (κ3) is 5.51. The minimum absolute atomic E-state index is 0.0443. The molecule has 0 spiro atoms. The number of hydrogen-bond donors (Lipinski definition) is 2. The predicted octanol–water partition coefficient (Wildman–Crippen LogP) is 2.09. The van der Waals surface area contributed by atoms with Crippen molar-refractivity contribution in [1.29, 1.82) is 0 Å². The highest BCUT2D eigenvalue weighted by Crippen LogP contribution is 2.18. The molecule has 0 bridgehead atoms. The van der Waals surface area contributed by atoms with Gasteiger partial charge in [0.05, 0.1) is 10.2 Å². The number of hydrogen-bond acceptors (Lipinski definition) is 7. The van der Waals surface area contributed by atoms with Crippen LogP contribution in [0, 0.1) is 10.1 Å². The zero-order chi connectivity index (χ0) is 17.4. The van der Waals surface area contributed by atoms with Crippen molar-refractivity contribution >= 4 is 29.0 Å². The highest BCUT2D eigenvalue weighted by Gasteiger charge is 2.14. The molecule has 1 atom stereocenters. The fraction of sp³-hybridized carbons (Fsp3) is 0.267. The highest BCUT2D eigenvalue weighted by molar-refractivity contribution is 8.00. The Morgan fingerprint density at radius 3 is 2.54 bits per heavy atom. The third-order valence-electron chi connectivity index (χ3n) is 3.02. The maximum atomic E-state index is 12.0. The van der Waals surface area contributed by atoms with Gasteiger partial charge in [-0.25, -0.2) is 9.97 Å². The lowest BCUT2D eigenvalue weighted by atomic mass is 10.3. The van der Waals surface area contributed by atoms with Gasteiger partial charge in [0.25, 0.3) is 5.69 Å². The fourth-order valence-electron chi connectivity index (χ4n) is 1.80. The number of anilines is 1. The lowest BCUT2D eigenvalue weighted by Crippen LogP contribution is -2.34. The van der Waals surface area contributed by atoms with Gasteiger partial charge in [0.1, 0.15) is 0 Å². The van der Waals surface area contributed by atoms with Crippen molar-refractivity contribution in [3.8, 4) is 0 Å². The molecule has 0 aliphatic carbocycles. The van der Waals surface area contributed by atoms with E-state index in [1.165, 1.54) is 23.9 Å². The van der Waals surface area contributed by atoms with Crippen LogP contribution in [0.1, 0.15) is 6.92 Å². The van der Waals surface area contributed by atoms with Gasteiger partial charge in [0, 0.05) is 43.3 Å². The number of nitro groups is 1. The molecule has 24 heavy (non-hydrogen) atoms. The summed E-state index contributed by atoms with van der Waals surface area (Å²) in [6, 6.07) is 7.84. The van der Waals surface area contributed by atoms with Crippen molar-refractivity contribution in [1.82, 2.24) is 15.3 Å². The molecule has 0 radical (unpaired) electrons. The fourth-order valence-corrected chi connectivity index (χ4v) is 2.55. The van der Waals surface area contributed by atoms with Gasteiger partial charge >= 0.3 is 0 Å². The first-order valence-corrected chi connectivity index (χ1v) is 8.14. The first-order chi connectivity index (χ1) is 11.6. The predicted molar refractivity (Wildman–Crippen MR) is 91.9 cm³/mol. The lowest BCUT2D eigenvalue weighted by molar-refractivity contribution is -0.384. The lowest BCUT2D eigenvalue weighted by Gasteiger charge is -2.11. The molecule has 126 valence electrons. The Balaban J connectivity index is 1.69. The molecule has 2 N–H and O–H groups in total. The summed E-state index contributed by atoms with van der Waals surface area (Å²) in [5, 5.41) is 16.7. The Morgan fingerprint density at radius 1 is 1.25 bits per heavy atom. The van der Waals surface area contributed by atoms with Gasteiger partial charge in [-0.1, -0.05) is 11.8 Å². The number of carbonyl (C=O) groups is 1. The molecular formula is C15H17N5O3S. The number of nitrogens with zero attached hydrogens (tertiary/aromatic N) is 3. The van der Waals surface area contributed by atoms with Crippen LogP contribution < -0.4 is 10.6 Å². The van der Waals surface area contributed by atoms with Crippen LogP contribution in [0.4, 0.5) is 11.4 Å². The largest absolute Gasteiger partial charge is 0.383 e. The summed E-state index contributed by atoms with van der Waals surface area (Å²) in [7, 11) is 0. The van der Waals surface area contributed by atoms with E-state index in [-0.39, 0.29) is 16.8 Å². The molecule has 1 aromatic carbocycles. The Bertz CT molecular complexity index is 681. The van der Waals surface area contributed by atoms with Crippen LogP contribution in [0.15, 0.2) is 47.9 Å². The number of non-ortho nitro benzene ring substituents is 1. The number of rotatable bonds is 8. The van der Waals surface area contributed by atoms with Crippen LogP contribution >= 0.6 is 11.8 Å². The van der Waals surface area contributed by atoms with E-state index in [9.17, 15) is 14.9 Å². The molecule has 9 heteroatoms. The monoisotopic (exact) mass is 347 g/mol. The van der Waals surface area contributed by atoms with Crippen LogP contribution in [0.5, 0.6) is 0 Å². The average Bonchev–Trinajstić information content (AvgIpc) is 2.59. The molecule has 2 rings (SSSR count). The second kappa shape index (κ2) is 8.82. The smallest absolute Gasteiger partial charge is 0.269 e. The van der Waals surface area contributed by atoms with Crippen molar-refractivity contribution in [3.63, 3.8) is 0 Å². The summed E-state index contributed by atoms with van der Waals surface area (Å²) < 4.78 is 0. The Hall–Kier alpha value is -2.68. The van der Waals surface area contributed by atoms with Gasteiger partial charge in [-0.2, -0.15) is 0 Å². The van der Waals surface area contributed by atoms with Gasteiger partial charge in [-0.05, 0) is 25.1 Å². The average molecular weight is 347 g/mol. The third-order valence-corrected chi connectivity index (χ3v) is 4.01. The van der Waals surface area contributed by atoms with Crippen LogP contribution in [-0.4, -0.2) is 39.1 Å². The summed E-state index contributed by atoms with van der Waals surface area (Å²) in [5.74, 6) is -0.0991. The van der Waals surface area contributed by atoms with Crippen LogP contribution in [-0.2, 0) is 4.79 Å². The van der Waals surface area contributed by atoms with E-state index in [2.05, 4.69) is 20.6 Å². The van der Waals surface area contributed by atoms with Crippen LogP contribution in [0.3, 0.4) is 0 Å². The maximum Gasteiger partial charge on any atom is 0.269 e. The van der Waals surface area contributed by atoms with E-state index < -0.39 is 4.92 Å². The summed E-state index contributed by atoms with van der Waals surface area (Å²) in [6.45, 7) is 2.75. The van der Waals surface area contributed by atoms with Gasteiger partial charge in [0.15, 0.2) is 5.16 Å². The molecule has 0 aliphatic heterocycles. The zero-order valence-corrected chi connectivity index (χ0v) is 13.8. The van der Waals surface area contributed by atoms with E-state index in [0.717, 1.165) is 5.69 Å². The number of aromatic nitrogens is 2. The highest BCUT2D eigenvalue weighted by atomic mass is 32.2. The number of carbonyl (C=O) groups excluding carboxylic acids is 1. The van der Waals surface area contributed by atoms with Gasteiger partial charge < -0.3 is 10.6 Å². The number of thioether (sulfide) groups is 1. The minimum Gasteiger partial charge on any atom is -0.383 e. The zero-order valence-electron chi connectivity index (χ0n) is 13.0. The van der Waals surface area contributed by atoms with Crippen molar-refractivity contribution in [2.45, 2.75) is 17.3 Å². The Kier molecular flexibility index (Phi) is 6.50. The van der Waals surface area contributed by atoms with Gasteiger partial charge in [0.2, 0.25) is 5.91 Å². The van der Waals surface area contributed by atoms with E-state index >= 15 is 0 Å². The van der Waals surface area contributed by atoms with Gasteiger partial charge in [-0.3, -0.25) is 14.9 Å². The van der Waals surface area contributed by atoms with Crippen LogP contribution in [0.25, 0.3) is 0 Å². The quantitative estimate of drug-likeness (QED) is 0.247. The van der Waals surface area contributed by atoms with E-state index in [0.29, 0.717) is 18.2 Å². The molecule has 1 aromatic heterocycles. The summed E-state index contributed by atoms with van der Waals surface area (Å²) >= 11 is 1.29. The molecule has 2 aromatic rings. The minimum atomic E-state index is -0.445. The molecule has 0 saturated carbocycles. The van der Waals surface area contributed by atoms with E-state index in [1.54, 1.807) is 37.5 Å². The van der Waals surface area contributed by atoms with Crippen LogP contribution in [0.2, 0.25) is 0 Å². The summed E-state index contributed by atoms with van der Waals surface area (Å²) in [5.41, 5.74) is 0.804. The molecule has 1 heterocycles. The maximum absolute atomic E-state index is 12.0. The Labute approximate surface area is 143 Å². The first kappa shape index (κ1) is 17.7. The number of nitrogens with one attached hydrogen (secondary N) is 2. The molecular weight excluding hydrogens is 330 g/mol. The normalized spacial score (nSPS) is 11.5. The second-order valence-corrected chi connectivity index (χ2v) is 6.12. The molecule has 0 aliphatic rings. The van der Waals surface area contributed by atoms with Crippen molar-refractivity contribution in [2.24, 2.45) is 0 Å². The summed E-state index contributed by atoms with van der Waals surface area (Å²) in [6.07, 6.45) is 3.27.